The second-order valence-corrected chi connectivity index (χ2v) is 16.0. The standard InChI is InChI=1S/C41H52ClN3O10S/c1-22(2)38(48)54-33-20-35(47)45(6)29-17-25(18-30(51-7)36(29)26-12-13-28(27(42)19-26)43-34(46)14-15-56)16-23(3)10-9-11-32(52-8)41(50)21-31(53-39(49)44-41)24(4)37-40(33,5)55-37/h9-13,17-19,22,24,31-33,37,50,56H,14-16,20-21H2,1-8H3,(H,43,46)(H,44,49)/b11-9+,23-10+/t24-,31+,32-,33+,37+,40+,41+/m1/s1. The Labute approximate surface area is 338 Å². The van der Waals surface area contributed by atoms with Gasteiger partial charge in [0.2, 0.25) is 11.8 Å². The van der Waals surface area contributed by atoms with E-state index in [9.17, 15) is 24.3 Å². The number of thiol groups is 1. The van der Waals surface area contributed by atoms with E-state index >= 15 is 0 Å². The van der Waals surface area contributed by atoms with E-state index in [1.807, 2.05) is 32.1 Å². The number of nitrogens with zero attached hydrogens (tertiary/aromatic N) is 1. The second-order valence-electron chi connectivity index (χ2n) is 15.2. The predicted molar refractivity (Wildman–Crippen MR) is 216 cm³/mol. The van der Waals surface area contributed by atoms with E-state index in [2.05, 4.69) is 23.3 Å². The Morgan fingerprint density at radius 1 is 1.20 bits per heavy atom. The van der Waals surface area contributed by atoms with Gasteiger partial charge in [-0.1, -0.05) is 62.2 Å². The Kier molecular flexibility index (Phi) is 13.5. The Hall–Kier alpha value is -4.08. The average molecular weight is 814 g/mol. The molecule has 3 heterocycles. The lowest BCUT2D eigenvalue weighted by atomic mass is 9.83. The molecule has 3 N–H and O–H groups in total. The third-order valence-electron chi connectivity index (χ3n) is 10.6. The zero-order valence-electron chi connectivity index (χ0n) is 33.0. The quantitative estimate of drug-likeness (QED) is 0.136. The maximum Gasteiger partial charge on any atom is 0.409 e. The van der Waals surface area contributed by atoms with E-state index in [1.54, 1.807) is 58.2 Å². The van der Waals surface area contributed by atoms with E-state index in [0.717, 1.165) is 11.1 Å². The summed E-state index contributed by atoms with van der Waals surface area (Å²) in [5.41, 5.74) is 0.923. The average Bonchev–Trinajstić information content (AvgIpc) is 3.84. The van der Waals surface area contributed by atoms with Gasteiger partial charge in [0.25, 0.3) is 0 Å². The van der Waals surface area contributed by atoms with Crippen LogP contribution in [-0.2, 0) is 39.8 Å². The number of hydrogen-bond acceptors (Lipinski definition) is 11. The first-order chi connectivity index (χ1) is 26.4. The van der Waals surface area contributed by atoms with Gasteiger partial charge in [0, 0.05) is 38.5 Å². The highest BCUT2D eigenvalue weighted by molar-refractivity contribution is 7.80. The van der Waals surface area contributed by atoms with Crippen molar-refractivity contribution in [1.82, 2.24) is 5.32 Å². The van der Waals surface area contributed by atoms with Crippen molar-refractivity contribution in [2.45, 2.75) is 96.0 Å². The molecule has 7 atom stereocenters. The van der Waals surface area contributed by atoms with Crippen molar-refractivity contribution in [2.75, 3.05) is 37.2 Å². The number of carbonyl (C=O) groups is 4. The van der Waals surface area contributed by atoms with Gasteiger partial charge in [-0.2, -0.15) is 12.6 Å². The molecular weight excluding hydrogens is 762 g/mol. The predicted octanol–water partition coefficient (Wildman–Crippen LogP) is 6.25. The zero-order valence-corrected chi connectivity index (χ0v) is 34.7. The van der Waals surface area contributed by atoms with E-state index in [-0.39, 0.29) is 36.1 Å². The zero-order chi connectivity index (χ0) is 41.1. The van der Waals surface area contributed by atoms with E-state index in [0.29, 0.717) is 40.4 Å². The van der Waals surface area contributed by atoms with Gasteiger partial charge in [0.05, 0.1) is 41.9 Å². The van der Waals surface area contributed by atoms with E-state index in [4.69, 9.17) is 35.3 Å². The summed E-state index contributed by atoms with van der Waals surface area (Å²) < 4.78 is 29.6. The third-order valence-corrected chi connectivity index (χ3v) is 11.1. The number of carbonyl (C=O) groups excluding carboxylic acids is 4. The highest BCUT2D eigenvalue weighted by atomic mass is 35.5. The van der Waals surface area contributed by atoms with Crippen molar-refractivity contribution in [1.29, 1.82) is 0 Å². The molecule has 2 fully saturated rings. The largest absolute Gasteiger partial charge is 0.496 e. The van der Waals surface area contributed by atoms with Gasteiger partial charge in [-0.05, 0) is 61.4 Å². The van der Waals surface area contributed by atoms with Crippen LogP contribution in [0.2, 0.25) is 5.02 Å². The maximum absolute atomic E-state index is 14.5. The molecule has 0 aliphatic carbocycles. The summed E-state index contributed by atoms with van der Waals surface area (Å²) in [6.07, 6.45) is 1.49. The fraction of sp³-hybridized carbons (Fsp3) is 0.512. The first-order valence-corrected chi connectivity index (χ1v) is 19.6. The lowest BCUT2D eigenvalue weighted by Gasteiger charge is -2.42. The van der Waals surface area contributed by atoms with Gasteiger partial charge < -0.3 is 39.0 Å². The number of ether oxygens (including phenoxy) is 5. The minimum atomic E-state index is -1.81. The fourth-order valence-electron chi connectivity index (χ4n) is 7.31. The number of alkyl carbamates (subject to hydrolysis) is 1. The van der Waals surface area contributed by atoms with E-state index < -0.39 is 59.6 Å². The number of anilines is 2. The van der Waals surface area contributed by atoms with Crippen molar-refractivity contribution in [3.8, 4) is 16.9 Å². The number of aliphatic hydroxyl groups is 1. The van der Waals surface area contributed by atoms with Crippen LogP contribution in [0.15, 0.2) is 54.1 Å². The molecule has 0 aromatic heterocycles. The molecule has 0 spiro atoms. The Morgan fingerprint density at radius 3 is 2.57 bits per heavy atom. The summed E-state index contributed by atoms with van der Waals surface area (Å²) in [6.45, 7) is 8.94. The summed E-state index contributed by atoms with van der Waals surface area (Å²) >= 11 is 10.8. The SMILES string of the molecule is COc1cc2cc(c1-c1ccc(NC(=O)CCS)c(Cl)c1)N(C)C(=O)C[C@H](OC(=O)C(C)C)[C@]1(C)O[C@H]1[C@H](C)[C@@H]1C[C@@](O)(NC(=O)O1)[C@H](OC)/C=C/C=C(\C)C2. The van der Waals surface area contributed by atoms with Crippen LogP contribution in [0.4, 0.5) is 16.2 Å². The second kappa shape index (κ2) is 17.6. The van der Waals surface area contributed by atoms with Crippen LogP contribution in [0.25, 0.3) is 11.1 Å². The number of esters is 1. The molecule has 3 aliphatic heterocycles. The monoisotopic (exact) mass is 813 g/mol. The fourth-order valence-corrected chi connectivity index (χ4v) is 7.74. The molecule has 0 unspecified atom stereocenters. The number of methoxy groups -OCH3 is 2. The Balaban J connectivity index is 1.64. The number of halogens is 1. The van der Waals surface area contributed by atoms with Gasteiger partial charge in [0.15, 0.2) is 5.72 Å². The van der Waals surface area contributed by atoms with Gasteiger partial charge >= 0.3 is 12.1 Å². The molecule has 5 rings (SSSR count). The summed E-state index contributed by atoms with van der Waals surface area (Å²) in [7, 11) is 4.62. The number of benzene rings is 2. The van der Waals surface area contributed by atoms with Gasteiger partial charge in [-0.25, -0.2) is 4.79 Å². The van der Waals surface area contributed by atoms with Crippen LogP contribution in [0, 0.1) is 11.8 Å². The molecule has 0 radical (unpaired) electrons. The van der Waals surface area contributed by atoms with E-state index in [1.165, 1.54) is 19.1 Å². The summed E-state index contributed by atoms with van der Waals surface area (Å²) in [4.78, 5) is 54.3. The number of amides is 3. The number of rotatable bonds is 8. The normalized spacial score (nSPS) is 29.6. The molecule has 15 heteroatoms. The van der Waals surface area contributed by atoms with Gasteiger partial charge in [0.1, 0.15) is 29.7 Å². The Morgan fingerprint density at radius 2 is 1.93 bits per heavy atom. The first kappa shape index (κ1) is 43.1. The van der Waals surface area contributed by atoms with Crippen LogP contribution >= 0.6 is 24.2 Å². The van der Waals surface area contributed by atoms with Crippen molar-refractivity contribution < 1.29 is 48.0 Å². The first-order valence-electron chi connectivity index (χ1n) is 18.6. The summed E-state index contributed by atoms with van der Waals surface area (Å²) in [5.74, 6) is -1.24. The molecule has 4 bridgehead atoms. The molecule has 3 amide bonds. The Bertz CT molecular complexity index is 1900. The highest BCUT2D eigenvalue weighted by Crippen LogP contribution is 2.49. The molecule has 13 nitrogen and oxygen atoms in total. The minimum absolute atomic E-state index is 0.0268. The molecule has 0 saturated carbocycles. The number of epoxide rings is 1. The van der Waals surface area contributed by atoms with Crippen molar-refractivity contribution >= 4 is 59.5 Å². The lowest BCUT2D eigenvalue weighted by molar-refractivity contribution is -0.157. The van der Waals surface area contributed by atoms with Gasteiger partial charge in [-0.15, -0.1) is 0 Å². The number of hydrogen-bond donors (Lipinski definition) is 4. The van der Waals surface area contributed by atoms with Crippen LogP contribution in [-0.4, -0.2) is 91.7 Å². The summed E-state index contributed by atoms with van der Waals surface area (Å²) in [5, 5.41) is 17.4. The minimum Gasteiger partial charge on any atom is -0.496 e. The van der Waals surface area contributed by atoms with Crippen LogP contribution in [0.3, 0.4) is 0 Å². The topological polar surface area (TPSA) is 165 Å². The summed E-state index contributed by atoms with van der Waals surface area (Å²) in [6, 6.07) is 8.96. The molecule has 3 aliphatic rings. The van der Waals surface area contributed by atoms with Crippen molar-refractivity contribution in [3.05, 3.63) is 64.7 Å². The number of allylic oxidation sites excluding steroid dienone is 3. The maximum atomic E-state index is 14.5. The molecule has 2 aromatic carbocycles. The highest BCUT2D eigenvalue weighted by Gasteiger charge is 2.64. The van der Waals surface area contributed by atoms with Crippen molar-refractivity contribution in [2.24, 2.45) is 11.8 Å². The molecule has 2 saturated heterocycles. The van der Waals surface area contributed by atoms with Gasteiger partial charge in [-0.3, -0.25) is 19.7 Å². The number of fused-ring (bicyclic) bond motifs is 5. The lowest BCUT2D eigenvalue weighted by Crippen LogP contribution is -2.63. The van der Waals surface area contributed by atoms with Crippen molar-refractivity contribution in [3.63, 3.8) is 0 Å². The van der Waals surface area contributed by atoms with Crippen LogP contribution in [0.5, 0.6) is 5.75 Å². The smallest absolute Gasteiger partial charge is 0.409 e. The molecular formula is C41H52ClN3O10S. The molecule has 2 aromatic rings. The third kappa shape index (κ3) is 9.37. The van der Waals surface area contributed by atoms with Crippen LogP contribution in [0.1, 0.15) is 59.4 Å². The number of nitrogens with one attached hydrogen (secondary N) is 2. The molecule has 304 valence electrons. The van der Waals surface area contributed by atoms with Crippen LogP contribution < -0.4 is 20.3 Å². The molecule has 56 heavy (non-hydrogen) atoms.